The lowest BCUT2D eigenvalue weighted by molar-refractivity contribution is 0.201. The summed E-state index contributed by atoms with van der Waals surface area (Å²) in [5, 5.41) is 4.20. The van der Waals surface area contributed by atoms with Gasteiger partial charge < -0.3 is 10.1 Å². The minimum atomic E-state index is 0.655. The summed E-state index contributed by atoms with van der Waals surface area (Å²) in [6, 6.07) is 8.34. The van der Waals surface area contributed by atoms with Crippen LogP contribution in [-0.4, -0.2) is 23.1 Å². The van der Waals surface area contributed by atoms with E-state index in [1.807, 2.05) is 6.07 Å². The molecule has 0 aliphatic carbocycles. The van der Waals surface area contributed by atoms with Crippen molar-refractivity contribution in [3.8, 4) is 0 Å². The van der Waals surface area contributed by atoms with Crippen LogP contribution in [0.1, 0.15) is 24.7 Å². The van der Waals surface area contributed by atoms with Gasteiger partial charge in [0.2, 0.25) is 5.13 Å². The Bertz CT molecular complexity index is 513. The Morgan fingerprint density at radius 1 is 1.26 bits per heavy atom. The molecule has 102 valence electrons. The molecule has 1 heterocycles. The molecular weight excluding hydrogens is 258 g/mol. The lowest BCUT2D eigenvalue weighted by Crippen LogP contribution is -1.98. The molecule has 0 bridgehead atoms. The number of benzene rings is 1. The fraction of sp³-hybridized carbons (Fsp3) is 0.429. The fourth-order valence-corrected chi connectivity index (χ4v) is 2.47. The van der Waals surface area contributed by atoms with Gasteiger partial charge in [0, 0.05) is 30.8 Å². The van der Waals surface area contributed by atoms with Crippen LogP contribution >= 0.6 is 11.5 Å². The van der Waals surface area contributed by atoms with E-state index in [-0.39, 0.29) is 0 Å². The Kier molecular flexibility index (Phi) is 5.30. The monoisotopic (exact) mass is 277 g/mol. The molecular formula is C14H19N3OS. The molecule has 0 atom stereocenters. The molecule has 19 heavy (non-hydrogen) atoms. The van der Waals surface area contributed by atoms with Gasteiger partial charge in [-0.1, -0.05) is 31.5 Å². The molecule has 0 spiro atoms. The number of nitrogens with zero attached hydrogens (tertiary/aromatic N) is 2. The largest absolute Gasteiger partial charge is 0.384 e. The molecule has 0 radical (unpaired) electrons. The van der Waals surface area contributed by atoms with Crippen molar-refractivity contribution in [3.63, 3.8) is 0 Å². The minimum Gasteiger partial charge on any atom is -0.384 e. The van der Waals surface area contributed by atoms with Crippen molar-refractivity contribution in [3.05, 3.63) is 35.7 Å². The van der Waals surface area contributed by atoms with Crippen LogP contribution in [-0.2, 0) is 17.6 Å². The molecule has 2 aromatic rings. The highest BCUT2D eigenvalue weighted by Gasteiger charge is 2.06. The van der Waals surface area contributed by atoms with E-state index >= 15 is 0 Å². The summed E-state index contributed by atoms with van der Waals surface area (Å²) in [5.41, 5.74) is 2.44. The zero-order chi connectivity index (χ0) is 13.5. The summed E-state index contributed by atoms with van der Waals surface area (Å²) in [5.74, 6) is 0.835. The third-order valence-corrected chi connectivity index (χ3v) is 3.44. The molecule has 0 saturated carbocycles. The molecule has 1 N–H and O–H groups in total. The van der Waals surface area contributed by atoms with Crippen molar-refractivity contribution in [1.29, 1.82) is 0 Å². The second-order valence-electron chi connectivity index (χ2n) is 4.29. The molecule has 0 fully saturated rings. The lowest BCUT2D eigenvalue weighted by Gasteiger charge is -2.08. The highest BCUT2D eigenvalue weighted by molar-refractivity contribution is 7.09. The molecule has 0 aliphatic rings. The number of methoxy groups -OCH3 is 1. The SMILES string of the molecule is CCCc1ccccc1Nc1nc(CCOC)ns1. The normalized spacial score (nSPS) is 10.6. The van der Waals surface area contributed by atoms with Crippen LogP contribution in [0.25, 0.3) is 0 Å². The van der Waals surface area contributed by atoms with Crippen molar-refractivity contribution < 1.29 is 4.74 Å². The quantitative estimate of drug-likeness (QED) is 0.842. The topological polar surface area (TPSA) is 47.0 Å². The first-order valence-corrected chi connectivity index (χ1v) is 7.27. The third kappa shape index (κ3) is 4.01. The van der Waals surface area contributed by atoms with Crippen molar-refractivity contribution >= 4 is 22.4 Å². The Labute approximate surface area is 118 Å². The molecule has 1 aromatic carbocycles. The third-order valence-electron chi connectivity index (χ3n) is 2.78. The summed E-state index contributed by atoms with van der Waals surface area (Å²) in [6.07, 6.45) is 2.96. The highest BCUT2D eigenvalue weighted by atomic mass is 32.1. The average molecular weight is 277 g/mol. The van der Waals surface area contributed by atoms with E-state index in [1.54, 1.807) is 7.11 Å². The predicted molar refractivity (Wildman–Crippen MR) is 79.2 cm³/mol. The lowest BCUT2D eigenvalue weighted by atomic mass is 10.1. The first-order valence-electron chi connectivity index (χ1n) is 6.50. The Balaban J connectivity index is 2.06. The second kappa shape index (κ2) is 7.21. The van der Waals surface area contributed by atoms with Gasteiger partial charge >= 0.3 is 0 Å². The predicted octanol–water partition coefficient (Wildman–Crippen LogP) is 3.42. The molecule has 0 aliphatic heterocycles. The fourth-order valence-electron chi connectivity index (χ4n) is 1.84. The van der Waals surface area contributed by atoms with Gasteiger partial charge in [-0.2, -0.15) is 4.37 Å². The van der Waals surface area contributed by atoms with Crippen LogP contribution < -0.4 is 5.32 Å². The van der Waals surface area contributed by atoms with Gasteiger partial charge in [0.25, 0.3) is 0 Å². The van der Waals surface area contributed by atoms with E-state index < -0.39 is 0 Å². The van der Waals surface area contributed by atoms with Crippen LogP contribution in [0.5, 0.6) is 0 Å². The van der Waals surface area contributed by atoms with Crippen LogP contribution in [0, 0.1) is 0 Å². The zero-order valence-electron chi connectivity index (χ0n) is 11.3. The van der Waals surface area contributed by atoms with Crippen LogP contribution in [0.2, 0.25) is 0 Å². The maximum absolute atomic E-state index is 5.03. The number of hydrogen-bond acceptors (Lipinski definition) is 5. The van der Waals surface area contributed by atoms with Gasteiger partial charge in [-0.05, 0) is 18.1 Å². The molecule has 0 saturated heterocycles. The van der Waals surface area contributed by atoms with Gasteiger partial charge in [0.15, 0.2) is 0 Å². The smallest absolute Gasteiger partial charge is 0.207 e. The number of nitrogens with one attached hydrogen (secondary N) is 1. The van der Waals surface area contributed by atoms with Crippen LogP contribution in [0.15, 0.2) is 24.3 Å². The molecule has 2 rings (SSSR count). The average Bonchev–Trinajstić information content (AvgIpc) is 2.87. The summed E-state index contributed by atoms with van der Waals surface area (Å²) < 4.78 is 9.34. The van der Waals surface area contributed by atoms with Gasteiger partial charge in [-0.15, -0.1) is 0 Å². The van der Waals surface area contributed by atoms with E-state index in [2.05, 4.69) is 39.8 Å². The van der Waals surface area contributed by atoms with E-state index in [4.69, 9.17) is 4.74 Å². The van der Waals surface area contributed by atoms with Gasteiger partial charge in [-0.3, -0.25) is 0 Å². The number of anilines is 2. The Morgan fingerprint density at radius 2 is 2.11 bits per heavy atom. The molecule has 5 heteroatoms. The first-order chi connectivity index (χ1) is 9.33. The number of aromatic nitrogens is 2. The highest BCUT2D eigenvalue weighted by Crippen LogP contribution is 2.23. The van der Waals surface area contributed by atoms with Gasteiger partial charge in [-0.25, -0.2) is 4.98 Å². The van der Waals surface area contributed by atoms with Crippen molar-refractivity contribution in [1.82, 2.24) is 9.36 Å². The number of para-hydroxylation sites is 1. The molecule has 0 unspecified atom stereocenters. The summed E-state index contributed by atoms with van der Waals surface area (Å²) in [4.78, 5) is 4.46. The number of ether oxygens (including phenoxy) is 1. The van der Waals surface area contributed by atoms with Gasteiger partial charge in [0.05, 0.1) is 6.61 Å². The number of aryl methyl sites for hydroxylation is 1. The van der Waals surface area contributed by atoms with E-state index in [1.165, 1.54) is 17.1 Å². The van der Waals surface area contributed by atoms with Crippen molar-refractivity contribution in [2.24, 2.45) is 0 Å². The first kappa shape index (κ1) is 14.0. The van der Waals surface area contributed by atoms with E-state index in [0.29, 0.717) is 6.61 Å². The Morgan fingerprint density at radius 3 is 2.89 bits per heavy atom. The summed E-state index contributed by atoms with van der Waals surface area (Å²) >= 11 is 1.39. The van der Waals surface area contributed by atoms with Crippen LogP contribution in [0.4, 0.5) is 10.8 Å². The maximum Gasteiger partial charge on any atom is 0.207 e. The van der Waals surface area contributed by atoms with Crippen molar-refractivity contribution in [2.75, 3.05) is 19.0 Å². The maximum atomic E-state index is 5.03. The van der Waals surface area contributed by atoms with Crippen molar-refractivity contribution in [2.45, 2.75) is 26.2 Å². The summed E-state index contributed by atoms with van der Waals surface area (Å²) in [7, 11) is 1.69. The summed E-state index contributed by atoms with van der Waals surface area (Å²) in [6.45, 7) is 2.84. The minimum absolute atomic E-state index is 0.655. The molecule has 0 amide bonds. The van der Waals surface area contributed by atoms with Gasteiger partial charge in [0.1, 0.15) is 5.82 Å². The standard InChI is InChI=1S/C14H19N3OS/c1-3-6-11-7-4-5-8-12(11)15-14-16-13(17-19-14)9-10-18-2/h4-5,7-8H,3,6,9-10H2,1-2H3,(H,15,16,17). The number of hydrogen-bond donors (Lipinski definition) is 1. The number of rotatable bonds is 7. The Hall–Kier alpha value is -1.46. The molecule has 1 aromatic heterocycles. The second-order valence-corrected chi connectivity index (χ2v) is 5.04. The zero-order valence-corrected chi connectivity index (χ0v) is 12.2. The van der Waals surface area contributed by atoms with Crippen LogP contribution in [0.3, 0.4) is 0 Å². The van der Waals surface area contributed by atoms with E-state index in [0.717, 1.165) is 35.9 Å². The molecule has 4 nitrogen and oxygen atoms in total. The van der Waals surface area contributed by atoms with E-state index in [9.17, 15) is 0 Å².